The van der Waals surface area contributed by atoms with E-state index in [4.69, 9.17) is 5.11 Å². The van der Waals surface area contributed by atoms with E-state index in [2.05, 4.69) is 35.4 Å². The predicted octanol–water partition coefficient (Wildman–Crippen LogP) is 4.06. The Kier molecular flexibility index (Phi) is 7.54. The van der Waals surface area contributed by atoms with Gasteiger partial charge in [0, 0.05) is 54.7 Å². The van der Waals surface area contributed by atoms with Crippen molar-refractivity contribution in [2.75, 3.05) is 20.3 Å². The summed E-state index contributed by atoms with van der Waals surface area (Å²) in [5, 5.41) is 17.4. The van der Waals surface area contributed by atoms with Gasteiger partial charge in [0.2, 0.25) is 0 Å². The minimum atomic E-state index is -0.593. The summed E-state index contributed by atoms with van der Waals surface area (Å²) in [6.07, 6.45) is 3.15. The monoisotopic (exact) mass is 492 g/mol. The number of carbonyl (C=O) groups is 2. The van der Waals surface area contributed by atoms with Crippen molar-refractivity contribution in [3.63, 3.8) is 0 Å². The van der Waals surface area contributed by atoms with E-state index in [0.717, 1.165) is 54.3 Å². The molecule has 3 aromatic rings. The number of nitrogens with one attached hydrogen (secondary N) is 2. The van der Waals surface area contributed by atoms with E-state index >= 15 is 0 Å². The molecule has 3 N–H and O–H groups in total. The molecule has 36 heavy (non-hydrogen) atoms. The Balaban J connectivity index is 0.00000148. The van der Waals surface area contributed by atoms with Gasteiger partial charge in [-0.2, -0.15) is 5.10 Å². The second kappa shape index (κ2) is 10.6. The van der Waals surface area contributed by atoms with Crippen LogP contribution in [0.2, 0.25) is 0 Å². The van der Waals surface area contributed by atoms with Gasteiger partial charge in [0.05, 0.1) is 5.69 Å². The molecule has 2 amide bonds. The fourth-order valence-corrected chi connectivity index (χ4v) is 4.99. The van der Waals surface area contributed by atoms with Gasteiger partial charge in [-0.25, -0.2) is 4.39 Å². The Morgan fingerprint density at radius 3 is 2.67 bits per heavy atom. The van der Waals surface area contributed by atoms with Gasteiger partial charge in [-0.3, -0.25) is 14.7 Å². The highest BCUT2D eigenvalue weighted by Crippen LogP contribution is 2.38. The molecule has 5 rings (SSSR count). The van der Waals surface area contributed by atoms with Crippen LogP contribution in [-0.2, 0) is 25.9 Å². The van der Waals surface area contributed by atoms with Crippen LogP contribution in [0, 0.1) is 5.41 Å². The third-order valence-electron chi connectivity index (χ3n) is 6.89. The summed E-state index contributed by atoms with van der Waals surface area (Å²) in [6.45, 7) is 5.00. The molecule has 0 radical (unpaired) electrons. The quantitative estimate of drug-likeness (QED) is 0.483. The fraction of sp³-hybridized carbons (Fsp3) is 0.393. The summed E-state index contributed by atoms with van der Waals surface area (Å²) >= 11 is 0. The molecule has 1 aliphatic heterocycles. The van der Waals surface area contributed by atoms with Crippen molar-refractivity contribution in [2.24, 2.45) is 5.41 Å². The summed E-state index contributed by atoms with van der Waals surface area (Å²) in [6, 6.07) is 13.1. The number of aliphatic hydroxyl groups is 1. The molecule has 0 atom stereocenters. The lowest BCUT2D eigenvalue weighted by molar-refractivity contribution is 0.0766. The standard InChI is InChI=1S/C27H29FN4O2.CH4O/c1-27(2)10-9-22-23(14-27)30-31-24(22)19-7-8-21-20(13-19)16-32(26(21)34)15-17-3-5-18(6-4-17)25(33)29-12-11-28;1-2/h3-8,13H,9-12,14-16H2,1-2H3,(H,29,33)(H,30,31);2H,1H3. The lowest BCUT2D eigenvalue weighted by Gasteiger charge is -2.29. The van der Waals surface area contributed by atoms with Crippen LogP contribution in [0.5, 0.6) is 0 Å². The highest BCUT2D eigenvalue weighted by Gasteiger charge is 2.31. The van der Waals surface area contributed by atoms with Crippen molar-refractivity contribution in [3.05, 3.63) is 76.0 Å². The number of fused-ring (bicyclic) bond motifs is 2. The molecule has 0 spiro atoms. The number of carbonyl (C=O) groups excluding carboxylic acids is 2. The molecule has 8 heteroatoms. The van der Waals surface area contributed by atoms with E-state index in [1.807, 2.05) is 29.2 Å². The zero-order valence-corrected chi connectivity index (χ0v) is 21.0. The Morgan fingerprint density at radius 2 is 1.94 bits per heavy atom. The number of H-pyrrole nitrogens is 1. The van der Waals surface area contributed by atoms with Crippen LogP contribution in [0.25, 0.3) is 11.3 Å². The van der Waals surface area contributed by atoms with Crippen LogP contribution in [-0.4, -0.2) is 52.3 Å². The first-order chi connectivity index (χ1) is 17.3. The zero-order chi connectivity index (χ0) is 25.9. The lowest BCUT2D eigenvalue weighted by Crippen LogP contribution is -2.25. The maximum Gasteiger partial charge on any atom is 0.254 e. The highest BCUT2D eigenvalue weighted by atomic mass is 19.1. The summed E-state index contributed by atoms with van der Waals surface area (Å²) in [5.41, 5.74) is 8.03. The lowest BCUT2D eigenvalue weighted by atomic mass is 9.76. The number of aliphatic hydroxyl groups excluding tert-OH is 1. The van der Waals surface area contributed by atoms with Gasteiger partial charge in [-0.1, -0.05) is 32.0 Å². The first-order valence-electron chi connectivity index (χ1n) is 12.2. The molecule has 1 aliphatic carbocycles. The van der Waals surface area contributed by atoms with E-state index in [1.54, 1.807) is 12.1 Å². The first-order valence-corrected chi connectivity index (χ1v) is 12.2. The summed E-state index contributed by atoms with van der Waals surface area (Å²) in [5.74, 6) is -0.289. The Hall–Kier alpha value is -3.52. The molecule has 2 aromatic carbocycles. The molecule has 190 valence electrons. The number of benzene rings is 2. The molecular weight excluding hydrogens is 459 g/mol. The number of hydrogen-bond acceptors (Lipinski definition) is 4. The molecule has 1 aromatic heterocycles. The van der Waals surface area contributed by atoms with E-state index in [-0.39, 0.29) is 23.8 Å². The van der Waals surface area contributed by atoms with E-state index < -0.39 is 6.67 Å². The van der Waals surface area contributed by atoms with Crippen LogP contribution in [0.15, 0.2) is 42.5 Å². The van der Waals surface area contributed by atoms with Gasteiger partial charge in [-0.15, -0.1) is 0 Å². The topological polar surface area (TPSA) is 98.3 Å². The molecule has 0 unspecified atom stereocenters. The minimum absolute atomic E-state index is 0.00216. The van der Waals surface area contributed by atoms with Crippen LogP contribution >= 0.6 is 0 Å². The smallest absolute Gasteiger partial charge is 0.254 e. The number of nitrogens with zero attached hydrogens (tertiary/aromatic N) is 2. The number of alkyl halides is 1. The van der Waals surface area contributed by atoms with Crippen molar-refractivity contribution < 1.29 is 19.1 Å². The van der Waals surface area contributed by atoms with Crippen molar-refractivity contribution in [1.82, 2.24) is 20.4 Å². The predicted molar refractivity (Wildman–Crippen MR) is 136 cm³/mol. The summed E-state index contributed by atoms with van der Waals surface area (Å²) < 4.78 is 12.3. The number of aromatic nitrogens is 2. The summed E-state index contributed by atoms with van der Waals surface area (Å²) in [4.78, 5) is 26.8. The molecule has 2 aliphatic rings. The normalized spacial score (nSPS) is 15.6. The van der Waals surface area contributed by atoms with Crippen molar-refractivity contribution in [1.29, 1.82) is 0 Å². The molecular formula is C28H33FN4O3. The highest BCUT2D eigenvalue weighted by molar-refractivity contribution is 5.99. The van der Waals surface area contributed by atoms with Gasteiger partial charge in [0.1, 0.15) is 6.67 Å². The largest absolute Gasteiger partial charge is 0.400 e. The van der Waals surface area contributed by atoms with Gasteiger partial charge in [-0.05, 0) is 60.1 Å². The van der Waals surface area contributed by atoms with E-state index in [9.17, 15) is 14.0 Å². The molecule has 7 nitrogen and oxygen atoms in total. The average molecular weight is 493 g/mol. The van der Waals surface area contributed by atoms with Crippen LogP contribution < -0.4 is 5.32 Å². The molecule has 0 saturated carbocycles. The van der Waals surface area contributed by atoms with Gasteiger partial charge in [0.25, 0.3) is 11.8 Å². The Labute approximate surface area is 210 Å². The average Bonchev–Trinajstić information content (AvgIpc) is 3.43. The van der Waals surface area contributed by atoms with E-state index in [0.29, 0.717) is 18.7 Å². The number of amides is 2. The number of hydrogen-bond donors (Lipinski definition) is 3. The molecule has 0 saturated heterocycles. The third kappa shape index (κ3) is 5.18. The maximum atomic E-state index is 13.0. The number of rotatable bonds is 6. The van der Waals surface area contributed by atoms with Crippen LogP contribution in [0.4, 0.5) is 4.39 Å². The fourth-order valence-electron chi connectivity index (χ4n) is 4.99. The van der Waals surface area contributed by atoms with Crippen LogP contribution in [0.3, 0.4) is 0 Å². The second-order valence-corrected chi connectivity index (χ2v) is 10.0. The van der Waals surface area contributed by atoms with Crippen molar-refractivity contribution in [3.8, 4) is 11.3 Å². The van der Waals surface area contributed by atoms with Crippen LogP contribution in [0.1, 0.15) is 63.4 Å². The zero-order valence-electron chi connectivity index (χ0n) is 21.0. The SMILES string of the molecule is CC1(C)CCc2c(-c3ccc4c(c3)CN(Cc3ccc(C(=O)NCCF)cc3)C4=O)n[nH]c2C1.CO. The Morgan fingerprint density at radius 1 is 1.19 bits per heavy atom. The summed E-state index contributed by atoms with van der Waals surface area (Å²) in [7, 11) is 1.00. The second-order valence-electron chi connectivity index (χ2n) is 10.0. The third-order valence-corrected chi connectivity index (χ3v) is 6.89. The minimum Gasteiger partial charge on any atom is -0.400 e. The first kappa shape index (κ1) is 25.6. The van der Waals surface area contributed by atoms with Gasteiger partial charge < -0.3 is 15.3 Å². The van der Waals surface area contributed by atoms with E-state index in [1.165, 1.54) is 11.3 Å². The number of halogens is 1. The number of aromatic amines is 1. The maximum absolute atomic E-state index is 13.0. The van der Waals surface area contributed by atoms with Crippen molar-refractivity contribution >= 4 is 11.8 Å². The molecule has 2 heterocycles. The Bertz CT molecular complexity index is 1250. The molecule has 0 fully saturated rings. The van der Waals surface area contributed by atoms with Crippen molar-refractivity contribution in [2.45, 2.75) is 46.2 Å². The molecule has 0 bridgehead atoms. The van der Waals surface area contributed by atoms with Gasteiger partial charge in [0.15, 0.2) is 0 Å². The van der Waals surface area contributed by atoms with Gasteiger partial charge >= 0.3 is 0 Å².